The van der Waals surface area contributed by atoms with Crippen molar-refractivity contribution in [2.45, 2.75) is 0 Å². The molecule has 0 aliphatic carbocycles. The lowest BCUT2D eigenvalue weighted by molar-refractivity contribution is 0.0903. The number of hydrogen-bond donors (Lipinski definition) is 2. The summed E-state index contributed by atoms with van der Waals surface area (Å²) in [5.74, 6) is -0.771. The van der Waals surface area contributed by atoms with Crippen LogP contribution in [0, 0.1) is 0 Å². The standard InChI is InChI=1S/C14H12N2O3/c17-12-6-7-15-8-11(12)14(19)16-9-13(18)10-4-2-1-3-5-10/h1-8H,9H2,(H,15,17)(H,16,19). The van der Waals surface area contributed by atoms with Gasteiger partial charge in [0.1, 0.15) is 5.56 Å². The molecule has 0 atom stereocenters. The molecule has 0 bridgehead atoms. The highest BCUT2D eigenvalue weighted by molar-refractivity contribution is 6.01. The SMILES string of the molecule is O=C(CNC(=O)c1c[nH]ccc1=O)c1ccccc1. The fraction of sp³-hybridized carbons (Fsp3) is 0.0714. The molecule has 0 saturated carbocycles. The normalized spacial score (nSPS) is 9.89. The maximum Gasteiger partial charge on any atom is 0.257 e. The van der Waals surface area contributed by atoms with Gasteiger partial charge in [-0.15, -0.1) is 0 Å². The Morgan fingerprint density at radius 1 is 1.11 bits per heavy atom. The molecule has 1 heterocycles. The first kappa shape index (κ1) is 12.8. The Balaban J connectivity index is 2.00. The highest BCUT2D eigenvalue weighted by Crippen LogP contribution is 1.99. The third-order valence-corrected chi connectivity index (χ3v) is 2.57. The van der Waals surface area contributed by atoms with Crippen LogP contribution in [-0.2, 0) is 0 Å². The van der Waals surface area contributed by atoms with E-state index in [1.54, 1.807) is 30.3 Å². The van der Waals surface area contributed by atoms with E-state index in [1.165, 1.54) is 18.5 Å². The minimum Gasteiger partial charge on any atom is -0.367 e. The fourth-order valence-corrected chi connectivity index (χ4v) is 1.58. The quantitative estimate of drug-likeness (QED) is 0.800. The number of aromatic nitrogens is 1. The molecular weight excluding hydrogens is 244 g/mol. The van der Waals surface area contributed by atoms with Gasteiger partial charge in [-0.3, -0.25) is 14.4 Å². The first-order chi connectivity index (χ1) is 9.18. The molecule has 0 aliphatic heterocycles. The van der Waals surface area contributed by atoms with E-state index in [1.807, 2.05) is 0 Å². The van der Waals surface area contributed by atoms with Crippen molar-refractivity contribution >= 4 is 11.7 Å². The smallest absolute Gasteiger partial charge is 0.257 e. The van der Waals surface area contributed by atoms with Crippen molar-refractivity contribution in [3.63, 3.8) is 0 Å². The number of ketones is 1. The van der Waals surface area contributed by atoms with Gasteiger partial charge < -0.3 is 10.3 Å². The lowest BCUT2D eigenvalue weighted by Gasteiger charge is -2.04. The Bertz CT molecular complexity index is 647. The van der Waals surface area contributed by atoms with Crippen LogP contribution in [0.4, 0.5) is 0 Å². The molecule has 2 rings (SSSR count). The molecule has 2 N–H and O–H groups in total. The number of H-pyrrole nitrogens is 1. The monoisotopic (exact) mass is 256 g/mol. The maximum absolute atomic E-state index is 11.8. The minimum atomic E-state index is -0.564. The average molecular weight is 256 g/mol. The van der Waals surface area contributed by atoms with Crippen LogP contribution in [0.1, 0.15) is 20.7 Å². The van der Waals surface area contributed by atoms with E-state index in [9.17, 15) is 14.4 Å². The second-order valence-corrected chi connectivity index (χ2v) is 3.89. The van der Waals surface area contributed by atoms with Crippen LogP contribution in [0.5, 0.6) is 0 Å². The predicted octanol–water partition coefficient (Wildman–Crippen LogP) is 0.988. The molecule has 96 valence electrons. The summed E-state index contributed by atoms with van der Waals surface area (Å²) in [6, 6.07) is 9.90. The van der Waals surface area contributed by atoms with E-state index in [2.05, 4.69) is 10.3 Å². The van der Waals surface area contributed by atoms with Crippen molar-refractivity contribution in [1.82, 2.24) is 10.3 Å². The van der Waals surface area contributed by atoms with Gasteiger partial charge in [-0.05, 0) is 0 Å². The Morgan fingerprint density at radius 3 is 2.53 bits per heavy atom. The highest BCUT2D eigenvalue weighted by atomic mass is 16.2. The minimum absolute atomic E-state index is 0.0108. The average Bonchev–Trinajstić information content (AvgIpc) is 2.46. The second kappa shape index (κ2) is 5.77. The Hall–Kier alpha value is -2.69. The zero-order chi connectivity index (χ0) is 13.7. The third kappa shape index (κ3) is 3.16. The van der Waals surface area contributed by atoms with E-state index in [0.717, 1.165) is 0 Å². The molecule has 5 nitrogen and oxygen atoms in total. The third-order valence-electron chi connectivity index (χ3n) is 2.57. The largest absolute Gasteiger partial charge is 0.367 e. The van der Waals surface area contributed by atoms with Crippen molar-refractivity contribution in [2.75, 3.05) is 6.54 Å². The lowest BCUT2D eigenvalue weighted by Crippen LogP contribution is -2.32. The van der Waals surface area contributed by atoms with Gasteiger partial charge in [-0.25, -0.2) is 0 Å². The van der Waals surface area contributed by atoms with Gasteiger partial charge in [0.25, 0.3) is 5.91 Å². The van der Waals surface area contributed by atoms with Crippen LogP contribution in [0.3, 0.4) is 0 Å². The van der Waals surface area contributed by atoms with Crippen molar-refractivity contribution in [3.05, 3.63) is 70.1 Å². The van der Waals surface area contributed by atoms with Gasteiger partial charge in [0.15, 0.2) is 11.2 Å². The Morgan fingerprint density at radius 2 is 1.84 bits per heavy atom. The number of rotatable bonds is 4. The summed E-state index contributed by atoms with van der Waals surface area (Å²) in [7, 11) is 0. The molecule has 0 aliphatic rings. The molecule has 0 unspecified atom stereocenters. The van der Waals surface area contributed by atoms with E-state index >= 15 is 0 Å². The summed E-state index contributed by atoms with van der Waals surface area (Å²) >= 11 is 0. The molecule has 2 aromatic rings. The molecule has 19 heavy (non-hydrogen) atoms. The predicted molar refractivity (Wildman–Crippen MR) is 70.2 cm³/mol. The molecule has 0 saturated heterocycles. The number of carbonyl (C=O) groups is 2. The fourth-order valence-electron chi connectivity index (χ4n) is 1.58. The lowest BCUT2D eigenvalue weighted by atomic mass is 10.1. The molecule has 0 spiro atoms. The van der Waals surface area contributed by atoms with E-state index in [0.29, 0.717) is 5.56 Å². The maximum atomic E-state index is 11.8. The summed E-state index contributed by atoms with van der Waals surface area (Å²) in [6.07, 6.45) is 2.75. The number of carbonyl (C=O) groups excluding carboxylic acids is 2. The molecular formula is C14H12N2O3. The van der Waals surface area contributed by atoms with Crippen molar-refractivity contribution in [2.24, 2.45) is 0 Å². The van der Waals surface area contributed by atoms with Gasteiger partial charge in [0.2, 0.25) is 0 Å². The summed E-state index contributed by atoms with van der Waals surface area (Å²) < 4.78 is 0. The van der Waals surface area contributed by atoms with Gasteiger partial charge >= 0.3 is 0 Å². The molecule has 1 aromatic heterocycles. The molecule has 0 radical (unpaired) electrons. The first-order valence-electron chi connectivity index (χ1n) is 5.72. The molecule has 1 amide bonds. The zero-order valence-electron chi connectivity index (χ0n) is 10.1. The van der Waals surface area contributed by atoms with Gasteiger partial charge in [-0.1, -0.05) is 30.3 Å². The Kier molecular flexibility index (Phi) is 3.87. The Labute approximate surface area is 109 Å². The molecule has 0 fully saturated rings. The van der Waals surface area contributed by atoms with Crippen molar-refractivity contribution < 1.29 is 9.59 Å². The highest BCUT2D eigenvalue weighted by Gasteiger charge is 2.11. The number of benzene rings is 1. The van der Waals surface area contributed by atoms with Crippen LogP contribution in [0.2, 0.25) is 0 Å². The topological polar surface area (TPSA) is 79.0 Å². The first-order valence-corrected chi connectivity index (χ1v) is 5.72. The zero-order valence-corrected chi connectivity index (χ0v) is 10.1. The molecule has 5 heteroatoms. The van der Waals surface area contributed by atoms with E-state index in [-0.39, 0.29) is 23.3 Å². The van der Waals surface area contributed by atoms with E-state index in [4.69, 9.17) is 0 Å². The van der Waals surface area contributed by atoms with Crippen LogP contribution >= 0.6 is 0 Å². The van der Waals surface area contributed by atoms with Crippen molar-refractivity contribution in [3.8, 4) is 0 Å². The van der Waals surface area contributed by atoms with Crippen molar-refractivity contribution in [1.29, 1.82) is 0 Å². The number of hydrogen-bond acceptors (Lipinski definition) is 3. The number of Topliss-reactive ketones (excluding diaryl/α,β-unsaturated/α-hetero) is 1. The van der Waals surface area contributed by atoms with Gasteiger partial charge in [0, 0.05) is 24.0 Å². The van der Waals surface area contributed by atoms with Crippen LogP contribution < -0.4 is 10.7 Å². The summed E-state index contributed by atoms with van der Waals surface area (Å²) in [4.78, 5) is 37.5. The van der Waals surface area contributed by atoms with Crippen LogP contribution in [-0.4, -0.2) is 23.2 Å². The molecule has 1 aromatic carbocycles. The number of amides is 1. The van der Waals surface area contributed by atoms with Crippen LogP contribution in [0.15, 0.2) is 53.6 Å². The number of nitrogens with one attached hydrogen (secondary N) is 2. The van der Waals surface area contributed by atoms with Gasteiger partial charge in [0.05, 0.1) is 6.54 Å². The van der Waals surface area contributed by atoms with Gasteiger partial charge in [-0.2, -0.15) is 0 Å². The van der Waals surface area contributed by atoms with E-state index < -0.39 is 5.91 Å². The summed E-state index contributed by atoms with van der Waals surface area (Å²) in [5.41, 5.74) is 0.122. The van der Waals surface area contributed by atoms with Crippen LogP contribution in [0.25, 0.3) is 0 Å². The summed E-state index contributed by atoms with van der Waals surface area (Å²) in [5, 5.41) is 2.43. The number of pyridine rings is 1. The summed E-state index contributed by atoms with van der Waals surface area (Å²) in [6.45, 7) is -0.142. The number of aromatic amines is 1. The second-order valence-electron chi connectivity index (χ2n) is 3.89.